The normalized spacial score (nSPS) is 16.1. The Morgan fingerprint density at radius 1 is 1.11 bits per heavy atom. The molecule has 1 aliphatic heterocycles. The van der Waals surface area contributed by atoms with Gasteiger partial charge in [0.15, 0.2) is 0 Å². The van der Waals surface area contributed by atoms with Crippen LogP contribution >= 0.6 is 0 Å². The van der Waals surface area contributed by atoms with Crippen LogP contribution in [0.1, 0.15) is 31.9 Å². The predicted octanol–water partition coefficient (Wildman–Crippen LogP) is 4.49. The molecule has 0 spiro atoms. The van der Waals surface area contributed by atoms with Crippen LogP contribution in [-0.2, 0) is 11.4 Å². The number of hydroxylamine groups is 1. The molecule has 148 valence electrons. The third-order valence-corrected chi connectivity index (χ3v) is 4.28. The molecule has 1 aliphatic rings. The van der Waals surface area contributed by atoms with Crippen LogP contribution in [-0.4, -0.2) is 12.2 Å². The first-order valence-electron chi connectivity index (χ1n) is 9.30. The summed E-state index contributed by atoms with van der Waals surface area (Å²) in [6.45, 7) is 8.70. The summed E-state index contributed by atoms with van der Waals surface area (Å²) >= 11 is 0. The second-order valence-corrected chi connectivity index (χ2v) is 7.88. The van der Waals surface area contributed by atoms with Gasteiger partial charge in [0.1, 0.15) is 24.3 Å². The van der Waals surface area contributed by atoms with Gasteiger partial charge >= 0.3 is 6.03 Å². The topological polar surface area (TPSA) is 71.6 Å². The van der Waals surface area contributed by atoms with Crippen LogP contribution in [0.3, 0.4) is 0 Å². The minimum Gasteiger partial charge on any atom is -0.489 e. The van der Waals surface area contributed by atoms with E-state index in [1.54, 1.807) is 12.1 Å². The highest BCUT2D eigenvalue weighted by atomic mass is 16.7. The maximum atomic E-state index is 12.2. The van der Waals surface area contributed by atoms with E-state index in [1.165, 1.54) is 5.56 Å². The number of rotatable bonds is 5. The second kappa shape index (κ2) is 8.35. The van der Waals surface area contributed by atoms with Crippen LogP contribution < -0.4 is 20.9 Å². The molecule has 0 fully saturated rings. The Kier molecular flexibility index (Phi) is 5.90. The maximum Gasteiger partial charge on any atom is 0.320 e. The van der Waals surface area contributed by atoms with Crippen molar-refractivity contribution in [1.82, 2.24) is 10.8 Å². The zero-order valence-corrected chi connectivity index (χ0v) is 16.7. The largest absolute Gasteiger partial charge is 0.489 e. The molecule has 0 bridgehead atoms. The fourth-order valence-corrected chi connectivity index (χ4v) is 2.61. The Morgan fingerprint density at radius 3 is 2.39 bits per heavy atom. The standard InChI is InChI=1S/C22H27N3O3/c1-15-5-7-16(8-6-15)14-27-18-11-9-17(10-12-18)23-21(26)24-20-13-19(28-25-20)22(2,3)4/h5-13,20,25H,14H2,1-4H3,(H2,23,24,26). The summed E-state index contributed by atoms with van der Waals surface area (Å²) in [5.41, 5.74) is 5.69. The molecule has 1 heterocycles. The zero-order chi connectivity index (χ0) is 20.1. The van der Waals surface area contributed by atoms with Crippen LogP contribution in [0.15, 0.2) is 60.4 Å². The monoisotopic (exact) mass is 381 g/mol. The van der Waals surface area contributed by atoms with Gasteiger partial charge in [0.05, 0.1) is 0 Å². The van der Waals surface area contributed by atoms with E-state index in [4.69, 9.17) is 9.57 Å². The van der Waals surface area contributed by atoms with Crippen molar-refractivity contribution in [2.24, 2.45) is 5.41 Å². The van der Waals surface area contributed by atoms with Crippen molar-refractivity contribution in [3.8, 4) is 5.75 Å². The summed E-state index contributed by atoms with van der Waals surface area (Å²) in [6.07, 6.45) is 1.49. The van der Waals surface area contributed by atoms with Gasteiger partial charge in [0.2, 0.25) is 0 Å². The van der Waals surface area contributed by atoms with E-state index in [0.717, 1.165) is 17.1 Å². The van der Waals surface area contributed by atoms with Gasteiger partial charge < -0.3 is 20.2 Å². The Labute approximate surface area is 165 Å². The van der Waals surface area contributed by atoms with Crippen molar-refractivity contribution in [2.75, 3.05) is 5.32 Å². The van der Waals surface area contributed by atoms with Gasteiger partial charge in [0, 0.05) is 11.1 Å². The molecule has 2 aromatic carbocycles. The Bertz CT molecular complexity index is 837. The van der Waals surface area contributed by atoms with Crippen LogP contribution in [0.25, 0.3) is 0 Å². The SMILES string of the molecule is Cc1ccc(COc2ccc(NC(=O)NC3C=C(C(C)(C)C)ON3)cc2)cc1. The van der Waals surface area contributed by atoms with Gasteiger partial charge in [-0.05, 0) is 42.8 Å². The minimum absolute atomic E-state index is 0.117. The molecule has 0 radical (unpaired) electrons. The number of hydrogen-bond donors (Lipinski definition) is 3. The lowest BCUT2D eigenvalue weighted by Gasteiger charge is -2.17. The Balaban J connectivity index is 1.48. The van der Waals surface area contributed by atoms with Crippen LogP contribution in [0.5, 0.6) is 5.75 Å². The molecule has 1 atom stereocenters. The van der Waals surface area contributed by atoms with E-state index < -0.39 is 0 Å². The van der Waals surface area contributed by atoms with E-state index in [0.29, 0.717) is 12.3 Å². The molecule has 2 aromatic rings. The van der Waals surface area contributed by atoms with Crippen molar-refractivity contribution in [2.45, 2.75) is 40.5 Å². The van der Waals surface area contributed by atoms with Crippen LogP contribution in [0.2, 0.25) is 0 Å². The van der Waals surface area contributed by atoms with Crippen LogP contribution in [0.4, 0.5) is 10.5 Å². The van der Waals surface area contributed by atoms with Crippen molar-refractivity contribution < 1.29 is 14.4 Å². The van der Waals surface area contributed by atoms with Gasteiger partial charge in [0.25, 0.3) is 0 Å². The molecule has 0 saturated carbocycles. The highest BCUT2D eigenvalue weighted by Gasteiger charge is 2.27. The molecule has 28 heavy (non-hydrogen) atoms. The molecule has 2 amide bonds. The lowest BCUT2D eigenvalue weighted by atomic mass is 9.94. The first kappa shape index (κ1) is 19.8. The summed E-state index contributed by atoms with van der Waals surface area (Å²) < 4.78 is 5.78. The highest BCUT2D eigenvalue weighted by molar-refractivity contribution is 5.89. The molecule has 0 aromatic heterocycles. The van der Waals surface area contributed by atoms with Crippen molar-refractivity contribution in [3.05, 3.63) is 71.5 Å². The average molecular weight is 381 g/mol. The lowest BCUT2D eigenvalue weighted by molar-refractivity contribution is 0.0755. The predicted molar refractivity (Wildman–Crippen MR) is 110 cm³/mol. The molecular weight excluding hydrogens is 354 g/mol. The summed E-state index contributed by atoms with van der Waals surface area (Å²) in [6, 6.07) is 15.2. The van der Waals surface area contributed by atoms with Gasteiger partial charge in [-0.1, -0.05) is 50.6 Å². The number of amides is 2. The van der Waals surface area contributed by atoms with Crippen LogP contribution in [0, 0.1) is 12.3 Å². The number of hydrogen-bond acceptors (Lipinski definition) is 4. The molecule has 3 N–H and O–H groups in total. The summed E-state index contributed by atoms with van der Waals surface area (Å²) in [4.78, 5) is 17.6. The number of ether oxygens (including phenoxy) is 1. The third kappa shape index (κ3) is 5.50. The highest BCUT2D eigenvalue weighted by Crippen LogP contribution is 2.28. The molecule has 0 saturated heterocycles. The number of urea groups is 1. The summed E-state index contributed by atoms with van der Waals surface area (Å²) in [7, 11) is 0. The minimum atomic E-state index is -0.369. The summed E-state index contributed by atoms with van der Waals surface area (Å²) in [5, 5.41) is 5.60. The fourth-order valence-electron chi connectivity index (χ4n) is 2.61. The van der Waals surface area contributed by atoms with Gasteiger partial charge in [-0.25, -0.2) is 4.79 Å². The van der Waals surface area contributed by atoms with Crippen molar-refractivity contribution in [1.29, 1.82) is 0 Å². The molecule has 1 unspecified atom stereocenters. The maximum absolute atomic E-state index is 12.2. The third-order valence-electron chi connectivity index (χ3n) is 4.28. The first-order chi connectivity index (χ1) is 13.3. The Morgan fingerprint density at radius 2 is 1.79 bits per heavy atom. The second-order valence-electron chi connectivity index (χ2n) is 7.88. The number of anilines is 1. The first-order valence-corrected chi connectivity index (χ1v) is 9.30. The number of aryl methyl sites for hydroxylation is 1. The van der Waals surface area contributed by atoms with E-state index in [-0.39, 0.29) is 17.6 Å². The number of benzene rings is 2. The smallest absolute Gasteiger partial charge is 0.320 e. The number of carbonyl (C=O) groups excluding carboxylic acids is 1. The molecule has 0 aliphatic carbocycles. The lowest BCUT2D eigenvalue weighted by Crippen LogP contribution is -2.43. The quantitative estimate of drug-likeness (QED) is 0.714. The number of allylic oxidation sites excluding steroid dienone is 1. The van der Waals surface area contributed by atoms with Crippen molar-refractivity contribution in [3.63, 3.8) is 0 Å². The van der Waals surface area contributed by atoms with E-state index in [9.17, 15) is 4.79 Å². The van der Waals surface area contributed by atoms with E-state index in [1.807, 2.05) is 39.0 Å². The van der Waals surface area contributed by atoms with Gasteiger partial charge in [-0.2, -0.15) is 0 Å². The molecular formula is C22H27N3O3. The fraction of sp³-hybridized carbons (Fsp3) is 0.318. The Hall–Kier alpha value is -2.99. The molecule has 3 rings (SSSR count). The van der Waals surface area contributed by atoms with Gasteiger partial charge in [-0.3, -0.25) is 0 Å². The summed E-state index contributed by atoms with van der Waals surface area (Å²) in [5.74, 6) is 1.54. The molecule has 6 heteroatoms. The van der Waals surface area contributed by atoms with E-state index >= 15 is 0 Å². The van der Waals surface area contributed by atoms with Crippen molar-refractivity contribution >= 4 is 11.7 Å². The van der Waals surface area contributed by atoms with E-state index in [2.05, 4.69) is 47.3 Å². The van der Waals surface area contributed by atoms with Gasteiger partial charge in [-0.15, -0.1) is 5.48 Å². The number of carbonyl (C=O) groups is 1. The zero-order valence-electron chi connectivity index (χ0n) is 16.7. The average Bonchev–Trinajstić information content (AvgIpc) is 3.11. The molecule has 6 nitrogen and oxygen atoms in total. The number of nitrogens with one attached hydrogen (secondary N) is 3.